The zero-order valence-corrected chi connectivity index (χ0v) is 13.9. The highest BCUT2D eigenvalue weighted by molar-refractivity contribution is 9.10. The molecule has 0 bridgehead atoms. The van der Waals surface area contributed by atoms with Crippen LogP contribution in [0.3, 0.4) is 0 Å². The van der Waals surface area contributed by atoms with Crippen molar-refractivity contribution >= 4 is 27.8 Å². The average molecular weight is 360 g/mol. The summed E-state index contributed by atoms with van der Waals surface area (Å²) in [7, 11) is 4.54. The van der Waals surface area contributed by atoms with Gasteiger partial charge in [0.05, 0.1) is 20.1 Å². The van der Waals surface area contributed by atoms with Crippen LogP contribution in [-0.2, 0) is 4.79 Å². The number of methoxy groups -OCH3 is 2. The highest BCUT2D eigenvalue weighted by Gasteiger charge is 2.21. The molecule has 1 unspecified atom stereocenters. The first-order valence-electron chi connectivity index (χ1n) is 6.21. The monoisotopic (exact) mass is 359 g/mol. The fraction of sp³-hybridized carbons (Fsp3) is 0.429. The van der Waals surface area contributed by atoms with Gasteiger partial charge in [-0.3, -0.25) is 9.59 Å². The Morgan fingerprint density at radius 1 is 1.29 bits per heavy atom. The fourth-order valence-corrected chi connectivity index (χ4v) is 2.34. The average Bonchev–Trinajstić information content (AvgIpc) is 2.46. The molecule has 7 heteroatoms. The summed E-state index contributed by atoms with van der Waals surface area (Å²) in [5.41, 5.74) is 0.368. The second kappa shape index (κ2) is 7.31. The van der Waals surface area contributed by atoms with Crippen molar-refractivity contribution in [2.24, 2.45) is 5.92 Å². The van der Waals surface area contributed by atoms with Gasteiger partial charge >= 0.3 is 5.97 Å². The number of rotatable bonds is 6. The summed E-state index contributed by atoms with van der Waals surface area (Å²) in [6.45, 7) is 1.67. The molecular formula is C14H18BrNO5. The molecule has 6 nitrogen and oxygen atoms in total. The lowest BCUT2D eigenvalue weighted by molar-refractivity contribution is -0.141. The van der Waals surface area contributed by atoms with E-state index in [2.05, 4.69) is 15.9 Å². The second-order valence-electron chi connectivity index (χ2n) is 4.62. The van der Waals surface area contributed by atoms with Crippen LogP contribution in [-0.4, -0.2) is 49.7 Å². The Morgan fingerprint density at radius 3 is 2.14 bits per heavy atom. The number of nitrogens with zero attached hydrogens (tertiary/aromatic N) is 1. The van der Waals surface area contributed by atoms with Crippen molar-refractivity contribution < 1.29 is 24.2 Å². The molecule has 1 N–H and O–H groups in total. The van der Waals surface area contributed by atoms with Gasteiger partial charge in [0.1, 0.15) is 16.0 Å². The van der Waals surface area contributed by atoms with Gasteiger partial charge in [-0.25, -0.2) is 0 Å². The third kappa shape index (κ3) is 4.10. The number of hydrogen-bond acceptors (Lipinski definition) is 4. The van der Waals surface area contributed by atoms with Crippen LogP contribution in [0.4, 0.5) is 0 Å². The van der Waals surface area contributed by atoms with E-state index in [1.807, 2.05) is 0 Å². The van der Waals surface area contributed by atoms with Gasteiger partial charge in [-0.15, -0.1) is 0 Å². The van der Waals surface area contributed by atoms with Crippen LogP contribution in [0.15, 0.2) is 16.6 Å². The Labute approximate surface area is 131 Å². The lowest BCUT2D eigenvalue weighted by Gasteiger charge is -2.20. The number of carboxylic acids is 1. The van der Waals surface area contributed by atoms with E-state index < -0.39 is 11.9 Å². The molecule has 116 valence electrons. The SMILES string of the molecule is COc1cc(C(=O)N(C)CC(C)C(=O)O)cc(OC)c1Br. The number of hydrogen-bond donors (Lipinski definition) is 1. The number of benzene rings is 1. The first kappa shape index (κ1) is 17.3. The molecule has 1 aromatic carbocycles. The van der Waals surface area contributed by atoms with E-state index in [0.717, 1.165) is 0 Å². The van der Waals surface area contributed by atoms with Gasteiger partial charge in [-0.2, -0.15) is 0 Å². The van der Waals surface area contributed by atoms with Crippen LogP contribution in [0.2, 0.25) is 0 Å². The van der Waals surface area contributed by atoms with Crippen molar-refractivity contribution in [1.82, 2.24) is 4.90 Å². The number of aliphatic carboxylic acids is 1. The van der Waals surface area contributed by atoms with Crippen LogP contribution in [0.1, 0.15) is 17.3 Å². The fourth-order valence-electron chi connectivity index (χ4n) is 1.79. The summed E-state index contributed by atoms with van der Waals surface area (Å²) in [5.74, 6) is -0.944. The Kier molecular flexibility index (Phi) is 6.02. The largest absolute Gasteiger partial charge is 0.495 e. The number of halogens is 1. The van der Waals surface area contributed by atoms with E-state index in [4.69, 9.17) is 14.6 Å². The Hall–Kier alpha value is -1.76. The second-order valence-corrected chi connectivity index (χ2v) is 5.41. The highest BCUT2D eigenvalue weighted by atomic mass is 79.9. The molecule has 0 spiro atoms. The molecule has 1 amide bonds. The molecule has 0 aromatic heterocycles. The molecule has 0 saturated carbocycles. The number of amides is 1. The molecule has 0 saturated heterocycles. The van der Waals surface area contributed by atoms with Crippen LogP contribution < -0.4 is 9.47 Å². The zero-order chi connectivity index (χ0) is 16.2. The number of carboxylic acid groups (broad SMARTS) is 1. The standard InChI is InChI=1S/C14H18BrNO5/c1-8(14(18)19)7-16(2)13(17)9-5-10(20-3)12(15)11(6-9)21-4/h5-6,8H,7H2,1-4H3,(H,18,19). The van der Waals surface area contributed by atoms with Crippen molar-refractivity contribution in [2.45, 2.75) is 6.92 Å². The predicted molar refractivity (Wildman–Crippen MR) is 81.0 cm³/mol. The lowest BCUT2D eigenvalue weighted by atomic mass is 10.1. The van der Waals surface area contributed by atoms with Gasteiger partial charge in [0.2, 0.25) is 0 Å². The Morgan fingerprint density at radius 2 is 1.76 bits per heavy atom. The van der Waals surface area contributed by atoms with Crippen molar-refractivity contribution in [3.63, 3.8) is 0 Å². The van der Waals surface area contributed by atoms with Gasteiger partial charge in [0, 0.05) is 19.2 Å². The Bertz CT molecular complexity index is 521. The van der Waals surface area contributed by atoms with E-state index in [0.29, 0.717) is 21.5 Å². The molecule has 1 aromatic rings. The van der Waals surface area contributed by atoms with Crippen molar-refractivity contribution in [3.8, 4) is 11.5 Å². The maximum Gasteiger partial charge on any atom is 0.308 e. The summed E-state index contributed by atoms with van der Waals surface area (Å²) in [5, 5.41) is 8.90. The minimum absolute atomic E-state index is 0.120. The van der Waals surface area contributed by atoms with Gasteiger partial charge in [-0.1, -0.05) is 6.92 Å². The van der Waals surface area contributed by atoms with Crippen molar-refractivity contribution in [3.05, 3.63) is 22.2 Å². The van der Waals surface area contributed by atoms with Gasteiger partial charge < -0.3 is 19.5 Å². The number of carbonyl (C=O) groups is 2. The van der Waals surface area contributed by atoms with Gasteiger partial charge in [0.25, 0.3) is 5.91 Å². The summed E-state index contributed by atoms with van der Waals surface area (Å²) >= 11 is 3.33. The number of carbonyl (C=O) groups excluding carboxylic acids is 1. The van der Waals surface area contributed by atoms with E-state index in [9.17, 15) is 9.59 Å². The molecule has 0 heterocycles. The summed E-state index contributed by atoms with van der Waals surface area (Å²) < 4.78 is 11.0. The molecule has 21 heavy (non-hydrogen) atoms. The van der Waals surface area contributed by atoms with E-state index in [1.54, 1.807) is 26.1 Å². The van der Waals surface area contributed by atoms with Crippen LogP contribution >= 0.6 is 15.9 Å². The van der Waals surface area contributed by atoms with Crippen LogP contribution in [0, 0.1) is 5.92 Å². The lowest BCUT2D eigenvalue weighted by Crippen LogP contribution is -2.33. The molecule has 0 fully saturated rings. The maximum atomic E-state index is 12.4. The zero-order valence-electron chi connectivity index (χ0n) is 12.3. The normalized spacial score (nSPS) is 11.7. The van der Waals surface area contributed by atoms with E-state index in [-0.39, 0.29) is 12.5 Å². The van der Waals surface area contributed by atoms with E-state index >= 15 is 0 Å². The highest BCUT2D eigenvalue weighted by Crippen LogP contribution is 2.35. The van der Waals surface area contributed by atoms with Crippen LogP contribution in [0.5, 0.6) is 11.5 Å². The molecule has 0 aliphatic carbocycles. The topological polar surface area (TPSA) is 76.1 Å². The van der Waals surface area contributed by atoms with Crippen molar-refractivity contribution in [1.29, 1.82) is 0 Å². The molecule has 1 rings (SSSR count). The number of ether oxygens (including phenoxy) is 2. The molecule has 0 radical (unpaired) electrons. The van der Waals surface area contributed by atoms with Gasteiger partial charge in [0.15, 0.2) is 0 Å². The Balaban J connectivity index is 3.04. The first-order valence-corrected chi connectivity index (χ1v) is 7.00. The molecular weight excluding hydrogens is 342 g/mol. The summed E-state index contributed by atoms with van der Waals surface area (Å²) in [6, 6.07) is 3.16. The first-order chi connectivity index (χ1) is 9.81. The summed E-state index contributed by atoms with van der Waals surface area (Å²) in [4.78, 5) is 24.6. The van der Waals surface area contributed by atoms with Crippen molar-refractivity contribution in [2.75, 3.05) is 27.8 Å². The quantitative estimate of drug-likeness (QED) is 0.842. The smallest absolute Gasteiger partial charge is 0.308 e. The molecule has 1 atom stereocenters. The molecule has 0 aliphatic rings. The predicted octanol–water partition coefficient (Wildman–Crippen LogP) is 2.26. The van der Waals surface area contributed by atoms with E-state index in [1.165, 1.54) is 19.1 Å². The van der Waals surface area contributed by atoms with Gasteiger partial charge in [-0.05, 0) is 28.1 Å². The molecule has 0 aliphatic heterocycles. The maximum absolute atomic E-state index is 12.4. The van der Waals surface area contributed by atoms with Crippen LogP contribution in [0.25, 0.3) is 0 Å². The third-order valence-electron chi connectivity index (χ3n) is 3.01. The minimum Gasteiger partial charge on any atom is -0.495 e. The minimum atomic E-state index is -0.944. The summed E-state index contributed by atoms with van der Waals surface area (Å²) in [6.07, 6.45) is 0. The third-order valence-corrected chi connectivity index (χ3v) is 3.79.